The van der Waals surface area contributed by atoms with Gasteiger partial charge in [0.1, 0.15) is 11.4 Å². The number of fused-ring (bicyclic) bond motifs is 1. The number of nitrogens with one attached hydrogen (secondary N) is 1. The number of anilines is 1. The summed E-state index contributed by atoms with van der Waals surface area (Å²) < 4.78 is 12.2. The van der Waals surface area contributed by atoms with Crippen molar-refractivity contribution < 1.29 is 23.9 Å². The van der Waals surface area contributed by atoms with Crippen molar-refractivity contribution in [1.82, 2.24) is 9.78 Å². The number of nitrogens with zero attached hydrogens (tertiary/aromatic N) is 2. The number of ether oxygens (including phenoxy) is 2. The van der Waals surface area contributed by atoms with Gasteiger partial charge in [0.2, 0.25) is 0 Å². The van der Waals surface area contributed by atoms with Gasteiger partial charge in [0.25, 0.3) is 5.91 Å². The number of hydrogen-bond acceptors (Lipinski definition) is 7. The molecule has 3 heterocycles. The largest absolute Gasteiger partial charge is 0.482 e. The van der Waals surface area contributed by atoms with Crippen molar-refractivity contribution in [2.75, 3.05) is 18.5 Å². The summed E-state index contributed by atoms with van der Waals surface area (Å²) in [5.74, 6) is -0.863. The number of ketones is 1. The molecule has 0 saturated carbocycles. The van der Waals surface area contributed by atoms with E-state index < -0.39 is 18.4 Å². The maximum atomic E-state index is 12.5. The summed E-state index contributed by atoms with van der Waals surface area (Å²) in [6, 6.07) is 18.2. The molecule has 0 unspecified atom stereocenters. The first-order valence-corrected chi connectivity index (χ1v) is 11.6. The van der Waals surface area contributed by atoms with Crippen LogP contribution < -0.4 is 10.1 Å². The molecule has 1 aliphatic heterocycles. The van der Waals surface area contributed by atoms with Crippen molar-refractivity contribution in [3.63, 3.8) is 0 Å². The number of para-hydroxylation sites is 1. The molecule has 1 N–H and O–H groups in total. The quantitative estimate of drug-likeness (QED) is 0.237. The average Bonchev–Trinajstić information content (AvgIpc) is 3.56. The lowest BCUT2D eigenvalue weighted by molar-refractivity contribution is -0.136. The van der Waals surface area contributed by atoms with E-state index in [0.29, 0.717) is 17.0 Å². The standard InChI is InChI=1S/C26H19N3O5S/c30-21(17-8-10-22-20(13-17)27-24(31)16-33-22)15-34-25(32)11-9-18-14-29(19-5-2-1-3-6-19)28-26(18)23-7-4-12-35-23/h1-14H,15-16H2,(H,27,31). The minimum atomic E-state index is -0.655. The number of carbonyl (C=O) groups is 3. The highest BCUT2D eigenvalue weighted by atomic mass is 32.1. The molecule has 174 valence electrons. The van der Waals surface area contributed by atoms with Gasteiger partial charge in [-0.15, -0.1) is 11.3 Å². The van der Waals surface area contributed by atoms with Crippen LogP contribution in [-0.2, 0) is 14.3 Å². The number of aromatic nitrogens is 2. The zero-order valence-electron chi connectivity index (χ0n) is 18.3. The molecular formula is C26H19N3O5S. The first-order chi connectivity index (χ1) is 17.1. The molecule has 0 spiro atoms. The van der Waals surface area contributed by atoms with Gasteiger partial charge in [-0.1, -0.05) is 24.3 Å². The Hall–Kier alpha value is -4.50. The van der Waals surface area contributed by atoms with Gasteiger partial charge >= 0.3 is 5.97 Å². The Morgan fingerprint density at radius 1 is 1.14 bits per heavy atom. The van der Waals surface area contributed by atoms with E-state index in [9.17, 15) is 14.4 Å². The maximum Gasteiger partial charge on any atom is 0.331 e. The van der Waals surface area contributed by atoms with E-state index in [2.05, 4.69) is 10.4 Å². The van der Waals surface area contributed by atoms with Crippen LogP contribution in [0.15, 0.2) is 78.3 Å². The Morgan fingerprint density at radius 2 is 2.00 bits per heavy atom. The van der Waals surface area contributed by atoms with Gasteiger partial charge in [0, 0.05) is 23.4 Å². The summed E-state index contributed by atoms with van der Waals surface area (Å²) in [4.78, 5) is 37.3. The number of benzene rings is 2. The van der Waals surface area contributed by atoms with Crippen LogP contribution in [0.4, 0.5) is 5.69 Å². The summed E-state index contributed by atoms with van der Waals surface area (Å²) in [6.45, 7) is -0.499. The topological polar surface area (TPSA) is 99.5 Å². The number of carbonyl (C=O) groups excluding carboxylic acids is 3. The third kappa shape index (κ3) is 5.04. The van der Waals surface area contributed by atoms with Crippen molar-refractivity contribution in [1.29, 1.82) is 0 Å². The van der Waals surface area contributed by atoms with Crippen LogP contribution in [0.2, 0.25) is 0 Å². The van der Waals surface area contributed by atoms with Crippen LogP contribution in [0.3, 0.4) is 0 Å². The number of esters is 1. The molecule has 5 rings (SSSR count). The number of thiophene rings is 1. The second-order valence-electron chi connectivity index (χ2n) is 7.60. The normalized spacial score (nSPS) is 12.6. The molecule has 0 saturated heterocycles. The Bertz CT molecular complexity index is 1420. The molecule has 0 radical (unpaired) electrons. The summed E-state index contributed by atoms with van der Waals surface area (Å²) in [7, 11) is 0. The highest BCUT2D eigenvalue weighted by molar-refractivity contribution is 7.13. The van der Waals surface area contributed by atoms with Gasteiger partial charge in [-0.25, -0.2) is 9.48 Å². The fourth-order valence-corrected chi connectivity index (χ4v) is 4.24. The van der Waals surface area contributed by atoms with Gasteiger partial charge < -0.3 is 14.8 Å². The lowest BCUT2D eigenvalue weighted by atomic mass is 10.1. The van der Waals surface area contributed by atoms with E-state index in [-0.39, 0.29) is 12.5 Å². The van der Waals surface area contributed by atoms with Crippen LogP contribution in [0.5, 0.6) is 5.75 Å². The van der Waals surface area contributed by atoms with Crippen LogP contribution in [0, 0.1) is 0 Å². The third-order valence-corrected chi connectivity index (χ3v) is 6.07. The average molecular weight is 486 g/mol. The van der Waals surface area contributed by atoms with E-state index in [1.807, 2.05) is 54.0 Å². The summed E-state index contributed by atoms with van der Waals surface area (Å²) >= 11 is 1.55. The first-order valence-electron chi connectivity index (χ1n) is 10.7. The van der Waals surface area contributed by atoms with Crippen LogP contribution >= 0.6 is 11.3 Å². The fraction of sp³-hybridized carbons (Fsp3) is 0.0769. The predicted octanol–water partition coefficient (Wildman–Crippen LogP) is 4.37. The van der Waals surface area contributed by atoms with Gasteiger partial charge in [-0.3, -0.25) is 9.59 Å². The number of rotatable bonds is 7. The SMILES string of the molecule is O=C1COc2ccc(C(=O)COC(=O)C=Cc3cn(-c4ccccc4)nc3-c3cccs3)cc2N1. The van der Waals surface area contributed by atoms with E-state index in [1.54, 1.807) is 34.2 Å². The molecule has 2 aromatic carbocycles. The highest BCUT2D eigenvalue weighted by Gasteiger charge is 2.18. The molecule has 1 amide bonds. The van der Waals surface area contributed by atoms with Crippen molar-refractivity contribution in [3.8, 4) is 22.0 Å². The zero-order valence-corrected chi connectivity index (χ0v) is 19.2. The lowest BCUT2D eigenvalue weighted by Gasteiger charge is -2.18. The minimum absolute atomic E-state index is 0.0668. The zero-order chi connectivity index (χ0) is 24.2. The summed E-state index contributed by atoms with van der Waals surface area (Å²) in [5, 5.41) is 9.29. The van der Waals surface area contributed by atoms with Crippen LogP contribution in [0.1, 0.15) is 15.9 Å². The van der Waals surface area contributed by atoms with Gasteiger partial charge in [-0.05, 0) is 47.9 Å². The first kappa shape index (κ1) is 22.3. The smallest absolute Gasteiger partial charge is 0.331 e. The van der Waals surface area contributed by atoms with Crippen LogP contribution in [-0.4, -0.2) is 40.7 Å². The van der Waals surface area contributed by atoms with Crippen molar-refractivity contribution >= 4 is 40.8 Å². The van der Waals surface area contributed by atoms with Gasteiger partial charge in [-0.2, -0.15) is 5.10 Å². The molecular weight excluding hydrogens is 466 g/mol. The summed E-state index contributed by atoms with van der Waals surface area (Å²) in [5.41, 5.74) is 3.09. The van der Waals surface area contributed by atoms with E-state index in [4.69, 9.17) is 9.47 Å². The monoisotopic (exact) mass is 485 g/mol. The molecule has 8 nitrogen and oxygen atoms in total. The Kier molecular flexibility index (Phi) is 6.23. The lowest BCUT2D eigenvalue weighted by Crippen LogP contribution is -2.25. The van der Waals surface area contributed by atoms with Crippen molar-refractivity contribution in [2.24, 2.45) is 0 Å². The molecule has 35 heavy (non-hydrogen) atoms. The number of amides is 1. The van der Waals surface area contributed by atoms with Crippen molar-refractivity contribution in [2.45, 2.75) is 0 Å². The fourth-order valence-electron chi connectivity index (χ4n) is 3.51. The van der Waals surface area contributed by atoms with Gasteiger partial charge in [0.15, 0.2) is 19.0 Å². The molecule has 2 aromatic heterocycles. The molecule has 4 aromatic rings. The van der Waals surface area contributed by atoms with Crippen molar-refractivity contribution in [3.05, 3.63) is 89.4 Å². The predicted molar refractivity (Wildman–Crippen MR) is 132 cm³/mol. The van der Waals surface area contributed by atoms with Crippen LogP contribution in [0.25, 0.3) is 22.3 Å². The Morgan fingerprint density at radius 3 is 2.80 bits per heavy atom. The second kappa shape index (κ2) is 9.78. The van der Waals surface area contributed by atoms with E-state index in [1.165, 1.54) is 12.1 Å². The minimum Gasteiger partial charge on any atom is -0.482 e. The Labute approximate surface area is 204 Å². The molecule has 0 bridgehead atoms. The highest BCUT2D eigenvalue weighted by Crippen LogP contribution is 2.29. The molecule has 0 atom stereocenters. The van der Waals surface area contributed by atoms with E-state index in [0.717, 1.165) is 21.8 Å². The van der Waals surface area contributed by atoms with Gasteiger partial charge in [0.05, 0.1) is 16.3 Å². The molecule has 1 aliphatic rings. The molecule has 0 fully saturated rings. The van der Waals surface area contributed by atoms with E-state index >= 15 is 0 Å². The summed E-state index contributed by atoms with van der Waals surface area (Å²) in [6.07, 6.45) is 4.74. The number of hydrogen-bond donors (Lipinski definition) is 1. The molecule has 0 aliphatic carbocycles. The molecule has 9 heteroatoms. The Balaban J connectivity index is 1.27. The maximum absolute atomic E-state index is 12.5. The second-order valence-corrected chi connectivity index (χ2v) is 8.55. The third-order valence-electron chi connectivity index (χ3n) is 5.20. The number of Topliss-reactive ketones (excluding diaryl/α,β-unsaturated/α-hetero) is 1.